The number of benzene rings is 1. The molecule has 1 amide bonds. The highest BCUT2D eigenvalue weighted by atomic mass is 16.4. The average Bonchev–Trinajstić information content (AvgIpc) is 2.90. The van der Waals surface area contributed by atoms with Crippen LogP contribution < -0.4 is 0 Å². The second-order valence-electron chi connectivity index (χ2n) is 6.36. The van der Waals surface area contributed by atoms with Crippen molar-refractivity contribution in [2.45, 2.75) is 25.7 Å². The second kappa shape index (κ2) is 6.44. The van der Waals surface area contributed by atoms with Crippen LogP contribution in [0.25, 0.3) is 10.9 Å². The summed E-state index contributed by atoms with van der Waals surface area (Å²) in [6.07, 6.45) is 4.68. The summed E-state index contributed by atoms with van der Waals surface area (Å²) in [6, 6.07) is 7.91. The minimum atomic E-state index is -0.762. The van der Waals surface area contributed by atoms with Crippen LogP contribution >= 0.6 is 0 Å². The first-order valence-electron chi connectivity index (χ1n) is 8.11. The van der Waals surface area contributed by atoms with E-state index in [-0.39, 0.29) is 12.3 Å². The number of nitrogens with zero attached hydrogens (tertiary/aromatic N) is 2. The molecule has 1 saturated heterocycles. The molecule has 1 fully saturated rings. The topological polar surface area (TPSA) is 62.5 Å². The fraction of sp³-hybridized carbons (Fsp3) is 0.444. The van der Waals surface area contributed by atoms with Crippen molar-refractivity contribution in [1.82, 2.24) is 9.47 Å². The van der Waals surface area contributed by atoms with E-state index in [9.17, 15) is 9.59 Å². The van der Waals surface area contributed by atoms with Gasteiger partial charge in [0.25, 0.3) is 5.91 Å². The lowest BCUT2D eigenvalue weighted by atomic mass is 9.93. The zero-order valence-corrected chi connectivity index (χ0v) is 13.4. The zero-order chi connectivity index (χ0) is 16.4. The number of hydrogen-bond donors (Lipinski definition) is 1. The quantitative estimate of drug-likeness (QED) is 0.944. The number of aryl methyl sites for hydroxylation is 1. The number of hydrogen-bond acceptors (Lipinski definition) is 2. The molecule has 3 rings (SSSR count). The number of aliphatic carboxylic acids is 1. The summed E-state index contributed by atoms with van der Waals surface area (Å²) in [7, 11) is 1.95. The molecular formula is C18H22N2O3. The van der Waals surface area contributed by atoms with Gasteiger partial charge in [-0.1, -0.05) is 18.2 Å². The number of fused-ring (bicyclic) bond motifs is 1. The van der Waals surface area contributed by atoms with Gasteiger partial charge in [0.1, 0.15) is 0 Å². The Morgan fingerprint density at radius 3 is 2.87 bits per heavy atom. The number of carbonyl (C=O) groups is 2. The highest BCUT2D eigenvalue weighted by molar-refractivity contribution is 6.07. The number of rotatable bonds is 4. The summed E-state index contributed by atoms with van der Waals surface area (Å²) in [4.78, 5) is 25.5. The second-order valence-corrected chi connectivity index (χ2v) is 6.36. The Balaban J connectivity index is 1.77. The van der Waals surface area contributed by atoms with E-state index in [0.717, 1.165) is 35.9 Å². The maximum absolute atomic E-state index is 12.9. The Morgan fingerprint density at radius 1 is 1.30 bits per heavy atom. The molecule has 1 aromatic heterocycles. The zero-order valence-electron chi connectivity index (χ0n) is 13.4. The summed E-state index contributed by atoms with van der Waals surface area (Å²) >= 11 is 0. The van der Waals surface area contributed by atoms with Crippen LogP contribution in [0.5, 0.6) is 0 Å². The third-order valence-electron chi connectivity index (χ3n) is 4.70. The Labute approximate surface area is 135 Å². The molecule has 2 heterocycles. The van der Waals surface area contributed by atoms with Crippen LogP contribution in [-0.2, 0) is 11.8 Å². The smallest absolute Gasteiger partial charge is 0.303 e. The molecular weight excluding hydrogens is 292 g/mol. The lowest BCUT2D eigenvalue weighted by Crippen LogP contribution is -2.40. The van der Waals surface area contributed by atoms with Gasteiger partial charge in [-0.3, -0.25) is 9.59 Å². The van der Waals surface area contributed by atoms with E-state index in [1.807, 2.05) is 47.0 Å². The van der Waals surface area contributed by atoms with E-state index in [4.69, 9.17) is 5.11 Å². The highest BCUT2D eigenvalue weighted by Crippen LogP contribution is 2.26. The van der Waals surface area contributed by atoms with Crippen LogP contribution in [0.1, 0.15) is 36.0 Å². The first-order valence-corrected chi connectivity index (χ1v) is 8.11. The van der Waals surface area contributed by atoms with Crippen LogP contribution in [0.15, 0.2) is 30.5 Å². The molecule has 0 bridgehead atoms. The van der Waals surface area contributed by atoms with Gasteiger partial charge < -0.3 is 14.6 Å². The lowest BCUT2D eigenvalue weighted by molar-refractivity contribution is -0.137. The molecule has 5 heteroatoms. The van der Waals surface area contributed by atoms with Gasteiger partial charge in [-0.25, -0.2) is 0 Å². The number of carboxylic acids is 1. The Hall–Kier alpha value is -2.30. The van der Waals surface area contributed by atoms with Crippen molar-refractivity contribution in [2.24, 2.45) is 13.0 Å². The minimum Gasteiger partial charge on any atom is -0.481 e. The van der Waals surface area contributed by atoms with Crippen molar-refractivity contribution in [2.75, 3.05) is 13.1 Å². The number of piperidine rings is 1. The van der Waals surface area contributed by atoms with Gasteiger partial charge in [-0.15, -0.1) is 0 Å². The largest absolute Gasteiger partial charge is 0.481 e. The summed E-state index contributed by atoms with van der Waals surface area (Å²) in [5, 5.41) is 9.81. The first kappa shape index (κ1) is 15.6. The number of para-hydroxylation sites is 1. The SMILES string of the molecule is Cn1cc(C(=O)N2CCCC(CCC(=O)O)C2)c2ccccc21. The number of aromatic nitrogens is 1. The van der Waals surface area contributed by atoms with E-state index in [1.165, 1.54) is 0 Å². The molecule has 0 radical (unpaired) electrons. The molecule has 0 spiro atoms. The van der Waals surface area contributed by atoms with E-state index in [0.29, 0.717) is 18.9 Å². The Morgan fingerprint density at radius 2 is 2.09 bits per heavy atom. The van der Waals surface area contributed by atoms with Crippen molar-refractivity contribution in [3.63, 3.8) is 0 Å². The van der Waals surface area contributed by atoms with Gasteiger partial charge >= 0.3 is 5.97 Å². The van der Waals surface area contributed by atoms with Crippen LogP contribution in [0.2, 0.25) is 0 Å². The minimum absolute atomic E-state index is 0.0572. The van der Waals surface area contributed by atoms with Crippen LogP contribution in [0.3, 0.4) is 0 Å². The molecule has 122 valence electrons. The standard InChI is InChI=1S/C18H22N2O3/c1-19-12-15(14-6-2-3-7-16(14)19)18(23)20-10-4-5-13(11-20)8-9-17(21)22/h2-3,6-7,12-13H,4-5,8-11H2,1H3,(H,21,22). The Kier molecular flexibility index (Phi) is 4.37. The Bertz CT molecular complexity index is 735. The number of carboxylic acid groups (broad SMARTS) is 1. The fourth-order valence-electron chi connectivity index (χ4n) is 3.50. The van der Waals surface area contributed by atoms with Gasteiger partial charge in [0, 0.05) is 43.7 Å². The molecule has 1 unspecified atom stereocenters. The third-order valence-corrected chi connectivity index (χ3v) is 4.70. The van der Waals surface area contributed by atoms with Crippen molar-refractivity contribution in [3.8, 4) is 0 Å². The molecule has 0 saturated carbocycles. The van der Waals surface area contributed by atoms with E-state index in [1.54, 1.807) is 0 Å². The van der Waals surface area contributed by atoms with Gasteiger partial charge in [-0.05, 0) is 31.2 Å². The monoisotopic (exact) mass is 314 g/mol. The third kappa shape index (κ3) is 3.23. The van der Waals surface area contributed by atoms with Crippen LogP contribution in [0.4, 0.5) is 0 Å². The molecule has 1 aromatic carbocycles. The predicted molar refractivity (Wildman–Crippen MR) is 88.4 cm³/mol. The van der Waals surface area contributed by atoms with Crippen molar-refractivity contribution in [1.29, 1.82) is 0 Å². The number of carbonyl (C=O) groups excluding carboxylic acids is 1. The molecule has 1 aliphatic heterocycles. The van der Waals surface area contributed by atoms with Crippen molar-refractivity contribution < 1.29 is 14.7 Å². The van der Waals surface area contributed by atoms with Gasteiger partial charge in [0.2, 0.25) is 0 Å². The van der Waals surface area contributed by atoms with E-state index >= 15 is 0 Å². The summed E-state index contributed by atoms with van der Waals surface area (Å²) in [6.45, 7) is 1.42. The number of likely N-dealkylation sites (tertiary alicyclic amines) is 1. The predicted octanol–water partition coefficient (Wildman–Crippen LogP) is 2.90. The molecule has 0 aliphatic carbocycles. The maximum atomic E-state index is 12.9. The highest BCUT2D eigenvalue weighted by Gasteiger charge is 2.26. The van der Waals surface area contributed by atoms with E-state index in [2.05, 4.69) is 0 Å². The summed E-state index contributed by atoms with van der Waals surface area (Å²) < 4.78 is 1.98. The molecule has 1 atom stereocenters. The fourth-order valence-corrected chi connectivity index (χ4v) is 3.50. The average molecular weight is 314 g/mol. The first-order chi connectivity index (χ1) is 11.1. The lowest BCUT2D eigenvalue weighted by Gasteiger charge is -2.32. The number of amides is 1. The van der Waals surface area contributed by atoms with Crippen LogP contribution in [0, 0.1) is 5.92 Å². The van der Waals surface area contributed by atoms with E-state index < -0.39 is 5.97 Å². The maximum Gasteiger partial charge on any atom is 0.303 e. The normalized spacial score (nSPS) is 18.3. The summed E-state index contributed by atoms with van der Waals surface area (Å²) in [5.41, 5.74) is 1.79. The van der Waals surface area contributed by atoms with Gasteiger partial charge in [-0.2, -0.15) is 0 Å². The molecule has 2 aromatic rings. The van der Waals surface area contributed by atoms with Crippen molar-refractivity contribution in [3.05, 3.63) is 36.0 Å². The molecule has 23 heavy (non-hydrogen) atoms. The van der Waals surface area contributed by atoms with Crippen LogP contribution in [-0.4, -0.2) is 39.5 Å². The van der Waals surface area contributed by atoms with Gasteiger partial charge in [0.15, 0.2) is 0 Å². The summed E-state index contributed by atoms with van der Waals surface area (Å²) in [5.74, 6) is -0.414. The van der Waals surface area contributed by atoms with Crippen molar-refractivity contribution >= 4 is 22.8 Å². The van der Waals surface area contributed by atoms with Gasteiger partial charge in [0.05, 0.1) is 5.56 Å². The molecule has 1 N–H and O–H groups in total. The molecule has 1 aliphatic rings. The molecule has 5 nitrogen and oxygen atoms in total.